The molecule has 2 radical (unpaired) electrons. The summed E-state index contributed by atoms with van der Waals surface area (Å²) >= 11 is 1.23. The van der Waals surface area contributed by atoms with Crippen LogP contribution in [0, 0.1) is 0 Å². The number of thioether (sulfide) groups is 1. The molecule has 1 aromatic rings. The summed E-state index contributed by atoms with van der Waals surface area (Å²) in [5.41, 5.74) is 0.140. The largest absolute Gasteiger partial charge is 0.465 e. The second-order valence-electron chi connectivity index (χ2n) is 7.51. The standard InChI is InChI=1S/C24H28BF2NO4S/c1-4-21(22(29)31-3)33-17(2)8-7-14-28-20(12-15-32-23(28)30)11-6-13-24(26,27)18-9-5-10-19(25)16-18/h4-6,9-11,16,20H,2,7-8,12-15H2,1,3H3/b11-6+,21-4-/t20-/m0/s1. The van der Waals surface area contributed by atoms with Crippen LogP contribution in [0.2, 0.25) is 0 Å². The second kappa shape index (κ2) is 12.6. The predicted molar refractivity (Wildman–Crippen MR) is 128 cm³/mol. The molecular formula is C24H28BF2NO4S. The van der Waals surface area contributed by atoms with E-state index in [9.17, 15) is 18.4 Å². The molecule has 0 aromatic heterocycles. The van der Waals surface area contributed by atoms with E-state index in [2.05, 4.69) is 6.58 Å². The van der Waals surface area contributed by atoms with Crippen LogP contribution in [0.5, 0.6) is 0 Å². The zero-order chi connectivity index (χ0) is 24.4. The Balaban J connectivity index is 1.92. The number of methoxy groups -OCH3 is 1. The Hall–Kier alpha value is -2.55. The summed E-state index contributed by atoms with van der Waals surface area (Å²) in [5, 5.41) is 0. The molecular weight excluding hydrogens is 447 g/mol. The van der Waals surface area contributed by atoms with Gasteiger partial charge in [0.15, 0.2) is 0 Å². The van der Waals surface area contributed by atoms with Gasteiger partial charge >= 0.3 is 12.1 Å². The first-order valence-electron chi connectivity index (χ1n) is 10.6. The number of carbonyl (C=O) groups excluding carboxylic acids is 2. The number of rotatable bonds is 11. The number of allylic oxidation sites excluding steroid dienone is 3. The van der Waals surface area contributed by atoms with Crippen molar-refractivity contribution in [2.24, 2.45) is 0 Å². The summed E-state index contributed by atoms with van der Waals surface area (Å²) in [6.45, 7) is 6.32. The third-order valence-corrected chi connectivity index (χ3v) is 6.19. The minimum atomic E-state index is -3.06. The number of ether oxygens (including phenoxy) is 2. The maximum atomic E-state index is 14.5. The van der Waals surface area contributed by atoms with E-state index in [4.69, 9.17) is 17.3 Å². The second-order valence-corrected chi connectivity index (χ2v) is 8.74. The Kier molecular flexibility index (Phi) is 10.2. The van der Waals surface area contributed by atoms with Crippen molar-refractivity contribution < 1.29 is 27.8 Å². The Morgan fingerprint density at radius 2 is 2.21 bits per heavy atom. The highest BCUT2D eigenvalue weighted by atomic mass is 32.2. The molecule has 0 bridgehead atoms. The average Bonchev–Trinajstić information content (AvgIpc) is 2.78. The maximum absolute atomic E-state index is 14.5. The van der Waals surface area contributed by atoms with Gasteiger partial charge in [0.25, 0.3) is 5.92 Å². The highest BCUT2D eigenvalue weighted by Crippen LogP contribution is 2.32. The van der Waals surface area contributed by atoms with E-state index in [-0.39, 0.29) is 23.7 Å². The van der Waals surface area contributed by atoms with E-state index in [1.54, 1.807) is 25.1 Å². The van der Waals surface area contributed by atoms with E-state index in [0.717, 1.165) is 4.91 Å². The predicted octanol–water partition coefficient (Wildman–Crippen LogP) is 4.83. The molecule has 1 atom stereocenters. The van der Waals surface area contributed by atoms with Gasteiger partial charge in [0, 0.05) is 24.9 Å². The number of halogens is 2. The smallest absolute Gasteiger partial charge is 0.410 e. The monoisotopic (exact) mass is 475 g/mol. The SMILES string of the molecule is [B]c1cccc(C(F)(F)C/C=C/[C@H]2CCOC(=O)N2CCCC(=C)S/C(=C\C)C(=O)OC)c1. The Morgan fingerprint density at radius 1 is 1.45 bits per heavy atom. The Bertz CT molecular complexity index is 919. The molecule has 9 heteroatoms. The number of carbonyl (C=O) groups is 2. The van der Waals surface area contributed by atoms with Crippen molar-refractivity contribution >= 4 is 37.1 Å². The third-order valence-electron chi connectivity index (χ3n) is 5.07. The summed E-state index contributed by atoms with van der Waals surface area (Å²) < 4.78 is 38.9. The molecule has 1 saturated heterocycles. The topological polar surface area (TPSA) is 55.8 Å². The van der Waals surface area contributed by atoms with Gasteiger partial charge in [-0.15, -0.1) is 0 Å². The van der Waals surface area contributed by atoms with Crippen LogP contribution in [0.1, 0.15) is 38.2 Å². The summed E-state index contributed by atoms with van der Waals surface area (Å²) in [6, 6.07) is 5.34. The summed E-state index contributed by atoms with van der Waals surface area (Å²) in [7, 11) is 6.93. The number of esters is 1. The fourth-order valence-electron chi connectivity index (χ4n) is 3.33. The summed E-state index contributed by atoms with van der Waals surface area (Å²) in [6.07, 6.45) is 5.40. The van der Waals surface area contributed by atoms with Gasteiger partial charge in [-0.2, -0.15) is 0 Å². The first-order valence-corrected chi connectivity index (χ1v) is 11.4. The van der Waals surface area contributed by atoms with Crippen LogP contribution >= 0.6 is 11.8 Å². The molecule has 0 saturated carbocycles. The molecule has 1 aliphatic heterocycles. The highest BCUT2D eigenvalue weighted by molar-refractivity contribution is 8.07. The molecule has 1 heterocycles. The Morgan fingerprint density at radius 3 is 2.88 bits per heavy atom. The highest BCUT2D eigenvalue weighted by Gasteiger charge is 2.31. The van der Waals surface area contributed by atoms with Gasteiger partial charge < -0.3 is 14.4 Å². The van der Waals surface area contributed by atoms with Crippen molar-refractivity contribution in [3.05, 3.63) is 64.4 Å². The number of hydrogen-bond acceptors (Lipinski definition) is 5. The lowest BCUT2D eigenvalue weighted by atomic mass is 9.92. The number of benzene rings is 1. The number of nitrogens with zero attached hydrogens (tertiary/aromatic N) is 1. The molecule has 5 nitrogen and oxygen atoms in total. The van der Waals surface area contributed by atoms with Crippen molar-refractivity contribution in [3.63, 3.8) is 0 Å². The zero-order valence-electron chi connectivity index (χ0n) is 18.9. The Labute approximate surface area is 199 Å². The maximum Gasteiger partial charge on any atom is 0.410 e. The first-order chi connectivity index (χ1) is 15.7. The minimum Gasteiger partial charge on any atom is -0.465 e. The molecule has 33 heavy (non-hydrogen) atoms. The fourth-order valence-corrected chi connectivity index (χ4v) is 4.17. The van der Waals surface area contributed by atoms with Gasteiger partial charge in [-0.3, -0.25) is 0 Å². The first kappa shape index (κ1) is 26.7. The summed E-state index contributed by atoms with van der Waals surface area (Å²) in [4.78, 5) is 26.7. The van der Waals surface area contributed by atoms with E-state index < -0.39 is 24.4 Å². The van der Waals surface area contributed by atoms with Crippen LogP contribution < -0.4 is 5.46 Å². The molecule has 0 unspecified atom stereocenters. The van der Waals surface area contributed by atoms with Crippen molar-refractivity contribution in [2.75, 3.05) is 20.3 Å². The molecule has 1 aliphatic rings. The van der Waals surface area contributed by atoms with Crippen LogP contribution in [0.3, 0.4) is 0 Å². The fraction of sp³-hybridized carbons (Fsp3) is 0.417. The molecule has 1 aromatic carbocycles. The number of alkyl halides is 2. The van der Waals surface area contributed by atoms with Crippen LogP contribution in [0.25, 0.3) is 0 Å². The van der Waals surface area contributed by atoms with E-state index in [0.29, 0.717) is 30.7 Å². The van der Waals surface area contributed by atoms with Gasteiger partial charge in [0.05, 0.1) is 24.7 Å². The minimum absolute atomic E-state index is 0.143. The number of hydrogen-bond donors (Lipinski definition) is 0. The van der Waals surface area contributed by atoms with Gasteiger partial charge in [0.1, 0.15) is 7.85 Å². The third kappa shape index (κ3) is 8.07. The number of amides is 1. The molecule has 1 fully saturated rings. The van der Waals surface area contributed by atoms with Crippen molar-refractivity contribution in [1.29, 1.82) is 0 Å². The van der Waals surface area contributed by atoms with Crippen LogP contribution in [0.4, 0.5) is 13.6 Å². The molecule has 0 spiro atoms. The summed E-state index contributed by atoms with van der Waals surface area (Å²) in [5.74, 6) is -3.49. The van der Waals surface area contributed by atoms with Crippen LogP contribution in [0.15, 0.2) is 58.9 Å². The van der Waals surface area contributed by atoms with Crippen LogP contribution in [-0.2, 0) is 20.2 Å². The van der Waals surface area contributed by atoms with Crippen molar-refractivity contribution in [2.45, 2.75) is 44.6 Å². The van der Waals surface area contributed by atoms with Gasteiger partial charge in [-0.05, 0) is 24.7 Å². The van der Waals surface area contributed by atoms with Gasteiger partial charge in [-0.25, -0.2) is 18.4 Å². The van der Waals surface area contributed by atoms with Crippen LogP contribution in [-0.4, -0.2) is 51.1 Å². The molecule has 2 rings (SSSR count). The van der Waals surface area contributed by atoms with E-state index >= 15 is 0 Å². The number of cyclic esters (lactones) is 1. The van der Waals surface area contributed by atoms with Crippen molar-refractivity contribution in [1.82, 2.24) is 4.90 Å². The average molecular weight is 475 g/mol. The quantitative estimate of drug-likeness (QED) is 0.199. The molecule has 0 aliphatic carbocycles. The normalized spacial score (nSPS) is 17.2. The lowest BCUT2D eigenvalue weighted by Gasteiger charge is -2.33. The van der Waals surface area contributed by atoms with Crippen molar-refractivity contribution in [3.8, 4) is 0 Å². The van der Waals surface area contributed by atoms with E-state index in [1.165, 1.54) is 48.0 Å². The lowest BCUT2D eigenvalue weighted by molar-refractivity contribution is -0.135. The molecule has 176 valence electrons. The lowest BCUT2D eigenvalue weighted by Crippen LogP contribution is -2.45. The molecule has 1 amide bonds. The molecule has 0 N–H and O–H groups in total. The van der Waals surface area contributed by atoms with E-state index in [1.807, 2.05) is 0 Å². The van der Waals surface area contributed by atoms with Gasteiger partial charge in [-0.1, -0.05) is 66.3 Å². The zero-order valence-corrected chi connectivity index (χ0v) is 19.7. The van der Waals surface area contributed by atoms with Gasteiger partial charge in [0.2, 0.25) is 0 Å².